The second-order valence-corrected chi connectivity index (χ2v) is 6.20. The Labute approximate surface area is 148 Å². The van der Waals surface area contributed by atoms with Crippen molar-refractivity contribution in [2.45, 2.75) is 65.7 Å². The fourth-order valence-electron chi connectivity index (χ4n) is 2.69. The van der Waals surface area contributed by atoms with E-state index in [0.29, 0.717) is 5.75 Å². The molecule has 1 aliphatic rings. The number of aromatic hydroxyl groups is 1. The van der Waals surface area contributed by atoms with Gasteiger partial charge in [0.05, 0.1) is 13.2 Å². The van der Waals surface area contributed by atoms with Crippen LogP contribution in [0, 0.1) is 0 Å². The van der Waals surface area contributed by atoms with E-state index in [-0.39, 0.29) is 0 Å². The van der Waals surface area contributed by atoms with E-state index >= 15 is 0 Å². The zero-order valence-corrected chi connectivity index (χ0v) is 15.7. The summed E-state index contributed by atoms with van der Waals surface area (Å²) in [6, 6.07) is 3.90. The van der Waals surface area contributed by atoms with Gasteiger partial charge in [-0.3, -0.25) is 0 Å². The lowest BCUT2D eigenvalue weighted by molar-refractivity contribution is 0.473. The molecular weight excluding hydrogens is 296 g/mol. The number of ether oxygens (including phenoxy) is 1. The van der Waals surface area contributed by atoms with E-state index in [9.17, 15) is 5.11 Å². The fourth-order valence-corrected chi connectivity index (χ4v) is 2.69. The number of aryl methyl sites for hydroxylation is 1. The van der Waals surface area contributed by atoms with E-state index in [0.717, 1.165) is 25.2 Å². The van der Waals surface area contributed by atoms with Gasteiger partial charge >= 0.3 is 0 Å². The van der Waals surface area contributed by atoms with Crippen molar-refractivity contribution >= 4 is 12.2 Å². The summed E-state index contributed by atoms with van der Waals surface area (Å²) in [7, 11) is 0. The molecule has 1 saturated heterocycles. The van der Waals surface area contributed by atoms with Crippen molar-refractivity contribution in [3.05, 3.63) is 41.0 Å². The van der Waals surface area contributed by atoms with Crippen molar-refractivity contribution < 1.29 is 9.84 Å². The number of benzene rings is 1. The highest BCUT2D eigenvalue weighted by molar-refractivity contribution is 5.72. The predicted octanol–water partition coefficient (Wildman–Crippen LogP) is 6.38. The van der Waals surface area contributed by atoms with Crippen LogP contribution in [0.3, 0.4) is 0 Å². The molecular formula is C22H34O2. The third-order valence-corrected chi connectivity index (χ3v) is 4.02. The van der Waals surface area contributed by atoms with Crippen molar-refractivity contribution in [1.82, 2.24) is 0 Å². The Morgan fingerprint density at radius 2 is 1.50 bits per heavy atom. The van der Waals surface area contributed by atoms with Crippen LogP contribution in [0.5, 0.6) is 5.75 Å². The molecule has 1 aromatic carbocycles. The van der Waals surface area contributed by atoms with Crippen molar-refractivity contribution in [2.24, 2.45) is 0 Å². The van der Waals surface area contributed by atoms with Gasteiger partial charge in [-0.25, -0.2) is 0 Å². The molecule has 2 heteroatoms. The molecule has 0 saturated carbocycles. The SMILES string of the molecule is C1CO1.CC=Cc1c(O)ccc(CCCCCCCC)c1C=CC. The van der Waals surface area contributed by atoms with Crippen LogP contribution in [0.25, 0.3) is 12.2 Å². The Hall–Kier alpha value is -1.54. The van der Waals surface area contributed by atoms with Gasteiger partial charge in [-0.15, -0.1) is 0 Å². The summed E-state index contributed by atoms with van der Waals surface area (Å²) in [5, 5.41) is 10.1. The van der Waals surface area contributed by atoms with Crippen molar-refractivity contribution in [3.63, 3.8) is 0 Å². The van der Waals surface area contributed by atoms with Gasteiger partial charge in [0.1, 0.15) is 5.75 Å². The predicted molar refractivity (Wildman–Crippen MR) is 105 cm³/mol. The Bertz CT molecular complexity index is 510. The second kappa shape index (κ2) is 12.8. The van der Waals surface area contributed by atoms with Gasteiger partial charge in [-0.05, 0) is 43.9 Å². The van der Waals surface area contributed by atoms with Gasteiger partial charge < -0.3 is 9.84 Å². The van der Waals surface area contributed by atoms with Gasteiger partial charge in [0, 0.05) is 5.56 Å². The van der Waals surface area contributed by atoms with Crippen molar-refractivity contribution in [3.8, 4) is 5.75 Å². The van der Waals surface area contributed by atoms with E-state index in [1.54, 1.807) is 0 Å². The van der Waals surface area contributed by atoms with Gasteiger partial charge in [0.2, 0.25) is 0 Å². The lowest BCUT2D eigenvalue weighted by atomic mass is 9.95. The molecule has 1 fully saturated rings. The van der Waals surface area contributed by atoms with E-state index in [1.165, 1.54) is 49.7 Å². The summed E-state index contributed by atoms with van der Waals surface area (Å²) in [6.07, 6.45) is 17.1. The van der Waals surface area contributed by atoms with Crippen molar-refractivity contribution in [2.75, 3.05) is 13.2 Å². The first-order valence-electron chi connectivity index (χ1n) is 9.42. The van der Waals surface area contributed by atoms with Crippen LogP contribution >= 0.6 is 0 Å². The van der Waals surface area contributed by atoms with E-state index in [2.05, 4.69) is 23.8 Å². The van der Waals surface area contributed by atoms with Crippen LogP contribution in [-0.4, -0.2) is 18.3 Å². The number of rotatable bonds is 9. The molecule has 1 aromatic rings. The molecule has 0 aliphatic carbocycles. The molecule has 0 bridgehead atoms. The van der Waals surface area contributed by atoms with Gasteiger partial charge in [-0.1, -0.05) is 69.4 Å². The number of unbranched alkanes of at least 4 members (excludes halogenated alkanes) is 5. The third-order valence-electron chi connectivity index (χ3n) is 4.02. The van der Waals surface area contributed by atoms with Crippen LogP contribution in [0.1, 0.15) is 76.0 Å². The molecule has 1 N–H and O–H groups in total. The molecule has 2 nitrogen and oxygen atoms in total. The summed E-state index contributed by atoms with van der Waals surface area (Å²) in [6.45, 7) is 8.26. The summed E-state index contributed by atoms with van der Waals surface area (Å²) < 4.78 is 4.50. The monoisotopic (exact) mass is 330 g/mol. The van der Waals surface area contributed by atoms with Crippen LogP contribution in [-0.2, 0) is 11.2 Å². The first-order valence-corrected chi connectivity index (χ1v) is 9.42. The number of hydrogen-bond acceptors (Lipinski definition) is 2. The zero-order valence-electron chi connectivity index (χ0n) is 15.7. The summed E-state index contributed by atoms with van der Waals surface area (Å²) in [5.74, 6) is 0.368. The highest BCUT2D eigenvalue weighted by atomic mass is 16.6. The largest absolute Gasteiger partial charge is 0.507 e. The maximum Gasteiger partial charge on any atom is 0.123 e. The topological polar surface area (TPSA) is 32.8 Å². The van der Waals surface area contributed by atoms with E-state index in [1.807, 2.05) is 38.1 Å². The van der Waals surface area contributed by atoms with Crippen LogP contribution in [0.2, 0.25) is 0 Å². The molecule has 134 valence electrons. The molecule has 24 heavy (non-hydrogen) atoms. The number of phenols is 1. The Balaban J connectivity index is 0.000000857. The Kier molecular flexibility index (Phi) is 11.0. The normalized spacial score (nSPS) is 13.3. The van der Waals surface area contributed by atoms with Crippen molar-refractivity contribution in [1.29, 1.82) is 0 Å². The second-order valence-electron chi connectivity index (χ2n) is 6.20. The smallest absolute Gasteiger partial charge is 0.123 e. The minimum Gasteiger partial charge on any atom is -0.507 e. The standard InChI is InChI=1S/C20H30O.C2H4O/c1-4-7-8-9-10-11-14-17-15-16-20(21)19(13-6-3)18(17)12-5-2;1-2-3-1/h5-6,12-13,15-16,21H,4,7-11,14H2,1-3H3;1-2H2. The first kappa shape index (κ1) is 20.5. The molecule has 0 aromatic heterocycles. The molecule has 1 heterocycles. The molecule has 1 aliphatic heterocycles. The maximum atomic E-state index is 10.1. The van der Waals surface area contributed by atoms with Crippen LogP contribution in [0.15, 0.2) is 24.3 Å². The summed E-state index contributed by atoms with van der Waals surface area (Å²) in [4.78, 5) is 0. The van der Waals surface area contributed by atoms with Crippen LogP contribution < -0.4 is 0 Å². The average Bonchev–Trinajstić information content (AvgIpc) is 3.45. The molecule has 0 amide bonds. The maximum absolute atomic E-state index is 10.1. The molecule has 0 unspecified atom stereocenters. The molecule has 0 spiro atoms. The molecule has 2 rings (SSSR count). The molecule has 0 radical (unpaired) electrons. The number of epoxide rings is 1. The third kappa shape index (κ3) is 8.35. The lowest BCUT2D eigenvalue weighted by Crippen LogP contribution is -1.94. The average molecular weight is 331 g/mol. The van der Waals surface area contributed by atoms with Gasteiger partial charge in [-0.2, -0.15) is 0 Å². The highest BCUT2D eigenvalue weighted by Crippen LogP contribution is 2.28. The Morgan fingerprint density at radius 3 is 2.08 bits per heavy atom. The minimum atomic E-state index is 0.368. The highest BCUT2D eigenvalue weighted by Gasteiger charge is 2.08. The van der Waals surface area contributed by atoms with Gasteiger partial charge in [0.25, 0.3) is 0 Å². The van der Waals surface area contributed by atoms with Crippen LogP contribution in [0.4, 0.5) is 0 Å². The first-order chi connectivity index (χ1) is 11.7. The minimum absolute atomic E-state index is 0.368. The number of allylic oxidation sites excluding steroid dienone is 2. The number of phenolic OH excluding ortho intramolecular Hbond substituents is 1. The molecule has 0 atom stereocenters. The number of hydrogen-bond donors (Lipinski definition) is 1. The van der Waals surface area contributed by atoms with E-state index < -0.39 is 0 Å². The van der Waals surface area contributed by atoms with E-state index in [4.69, 9.17) is 0 Å². The fraction of sp³-hybridized carbons (Fsp3) is 0.545. The zero-order chi connectivity index (χ0) is 17.6. The quantitative estimate of drug-likeness (QED) is 0.421. The Morgan fingerprint density at radius 1 is 0.917 bits per heavy atom. The summed E-state index contributed by atoms with van der Waals surface area (Å²) >= 11 is 0. The van der Waals surface area contributed by atoms with Gasteiger partial charge in [0.15, 0.2) is 0 Å². The summed E-state index contributed by atoms with van der Waals surface area (Å²) in [5.41, 5.74) is 3.46. The lowest BCUT2D eigenvalue weighted by Gasteiger charge is -2.11.